The van der Waals surface area contributed by atoms with Gasteiger partial charge >= 0.3 is 0 Å². The van der Waals surface area contributed by atoms with Crippen LogP contribution in [-0.2, 0) is 20.9 Å². The molecule has 0 saturated carbocycles. The first-order chi connectivity index (χ1) is 19.5. The molecule has 2 atom stereocenters. The Labute approximate surface area is 232 Å². The number of nitrogens with zero attached hydrogens (tertiary/aromatic N) is 3. The Hall–Kier alpha value is -4.79. The molecule has 0 bridgehead atoms. The number of allylic oxidation sites excluding steroid dienone is 2. The molecule has 204 valence electrons. The molecule has 5 rings (SSSR count). The van der Waals surface area contributed by atoms with E-state index < -0.39 is 23.6 Å². The number of nitrogens with one attached hydrogen (secondary N) is 1. The van der Waals surface area contributed by atoms with Crippen LogP contribution in [0, 0.1) is 5.92 Å². The highest BCUT2D eigenvalue weighted by Crippen LogP contribution is 2.31. The van der Waals surface area contributed by atoms with Crippen LogP contribution in [0.25, 0.3) is 0 Å². The van der Waals surface area contributed by atoms with Gasteiger partial charge in [-0.05, 0) is 73.2 Å². The second-order valence-electron chi connectivity index (χ2n) is 9.83. The molecule has 0 spiro atoms. The van der Waals surface area contributed by atoms with E-state index in [1.807, 2.05) is 12.1 Å². The van der Waals surface area contributed by atoms with Crippen LogP contribution >= 0.6 is 0 Å². The minimum absolute atomic E-state index is 0.116. The van der Waals surface area contributed by atoms with Crippen LogP contribution < -0.4 is 15.0 Å². The van der Waals surface area contributed by atoms with Gasteiger partial charge in [0.15, 0.2) is 0 Å². The smallest absolute Gasteiger partial charge is 0.299 e. The van der Waals surface area contributed by atoms with Crippen LogP contribution in [-0.4, -0.2) is 53.1 Å². The van der Waals surface area contributed by atoms with Crippen molar-refractivity contribution < 1.29 is 23.9 Å². The van der Waals surface area contributed by atoms with Gasteiger partial charge in [-0.1, -0.05) is 30.4 Å². The number of carbonyl (C=O) groups excluding carboxylic acids is 4. The minimum Gasteiger partial charge on any atom is -0.497 e. The van der Waals surface area contributed by atoms with E-state index in [1.54, 1.807) is 74.1 Å². The number of ketones is 1. The van der Waals surface area contributed by atoms with Crippen molar-refractivity contribution in [1.29, 1.82) is 0 Å². The number of rotatable bonds is 9. The molecule has 0 fully saturated rings. The summed E-state index contributed by atoms with van der Waals surface area (Å²) >= 11 is 0. The quantitative estimate of drug-likeness (QED) is 0.326. The van der Waals surface area contributed by atoms with Crippen molar-refractivity contribution in [2.45, 2.75) is 31.8 Å². The number of hydrogen-bond acceptors (Lipinski definition) is 6. The lowest BCUT2D eigenvalue weighted by molar-refractivity contribution is -0.140. The highest BCUT2D eigenvalue weighted by molar-refractivity contribution is 6.52. The summed E-state index contributed by atoms with van der Waals surface area (Å²) in [4.78, 5) is 60.4. The van der Waals surface area contributed by atoms with Crippen LogP contribution in [0.15, 0.2) is 85.2 Å². The zero-order valence-electron chi connectivity index (χ0n) is 22.2. The monoisotopic (exact) mass is 538 g/mol. The third kappa shape index (κ3) is 5.63. The van der Waals surface area contributed by atoms with E-state index in [-0.39, 0.29) is 30.5 Å². The van der Waals surface area contributed by atoms with Crippen LogP contribution in [0.5, 0.6) is 5.75 Å². The van der Waals surface area contributed by atoms with Crippen molar-refractivity contribution in [2.75, 3.05) is 23.9 Å². The van der Waals surface area contributed by atoms with E-state index in [0.29, 0.717) is 23.5 Å². The zero-order chi connectivity index (χ0) is 28.1. The first kappa shape index (κ1) is 26.8. The van der Waals surface area contributed by atoms with Crippen LogP contribution in [0.4, 0.5) is 11.4 Å². The van der Waals surface area contributed by atoms with E-state index in [0.717, 1.165) is 18.4 Å². The lowest BCUT2D eigenvalue weighted by Gasteiger charge is -2.37. The summed E-state index contributed by atoms with van der Waals surface area (Å²) in [5.74, 6) is -1.65. The Kier molecular flexibility index (Phi) is 8.00. The van der Waals surface area contributed by atoms with Gasteiger partial charge in [0.25, 0.3) is 11.7 Å². The Morgan fingerprint density at radius 3 is 2.58 bits per heavy atom. The van der Waals surface area contributed by atoms with Crippen LogP contribution in [0.2, 0.25) is 0 Å². The summed E-state index contributed by atoms with van der Waals surface area (Å²) < 4.78 is 5.22. The molecule has 1 aliphatic heterocycles. The van der Waals surface area contributed by atoms with E-state index in [4.69, 9.17) is 4.74 Å². The SMILES string of the molecule is COc1ccc(NC(=O)[C@@H](C2CC=CCC2)N(Cc2cccnc2)C(=O)CN2C(=O)C(=O)c3ccccc32)cc1. The molecule has 9 nitrogen and oxygen atoms in total. The molecule has 3 amide bonds. The topological polar surface area (TPSA) is 109 Å². The Balaban J connectivity index is 1.48. The van der Waals surface area contributed by atoms with Crippen molar-refractivity contribution in [3.8, 4) is 5.75 Å². The molecule has 1 aromatic heterocycles. The molecule has 1 aliphatic carbocycles. The summed E-state index contributed by atoms with van der Waals surface area (Å²) in [5, 5.41) is 2.97. The number of carbonyl (C=O) groups is 4. The Morgan fingerprint density at radius 1 is 1.07 bits per heavy atom. The van der Waals surface area contributed by atoms with Crippen LogP contribution in [0.3, 0.4) is 0 Å². The summed E-state index contributed by atoms with van der Waals surface area (Å²) in [7, 11) is 1.57. The van der Waals surface area contributed by atoms with Crippen molar-refractivity contribution in [1.82, 2.24) is 9.88 Å². The van der Waals surface area contributed by atoms with E-state index in [9.17, 15) is 19.2 Å². The maximum atomic E-state index is 14.1. The molecule has 0 saturated heterocycles. The average Bonchev–Trinajstić information content (AvgIpc) is 3.23. The maximum Gasteiger partial charge on any atom is 0.299 e. The maximum absolute atomic E-state index is 14.1. The molecule has 40 heavy (non-hydrogen) atoms. The normalized spacial score (nSPS) is 16.8. The van der Waals surface area contributed by atoms with Gasteiger partial charge in [0.1, 0.15) is 18.3 Å². The number of methoxy groups -OCH3 is 1. The molecule has 1 unspecified atom stereocenters. The van der Waals surface area contributed by atoms with Crippen molar-refractivity contribution in [2.24, 2.45) is 5.92 Å². The van der Waals surface area contributed by atoms with E-state index in [1.165, 1.54) is 9.80 Å². The first-order valence-corrected chi connectivity index (χ1v) is 13.2. The standard InChI is InChI=1S/C31H30N4O5/c1-40-24-15-13-23(14-16-24)33-30(38)28(22-9-3-2-4-10-22)35(19-21-8-7-17-32-18-21)27(36)20-34-26-12-6-5-11-25(26)29(37)31(34)39/h2-3,5-8,11-18,22,28H,4,9-10,19-20H2,1H3,(H,33,38)/t22?,28-/m1/s1. The summed E-state index contributed by atoms with van der Waals surface area (Å²) in [5.41, 5.74) is 1.98. The van der Waals surface area contributed by atoms with Gasteiger partial charge < -0.3 is 15.0 Å². The molecular formula is C31H30N4O5. The number of hydrogen-bond donors (Lipinski definition) is 1. The molecule has 9 heteroatoms. The highest BCUT2D eigenvalue weighted by Gasteiger charge is 2.41. The highest BCUT2D eigenvalue weighted by atomic mass is 16.5. The number of para-hydroxylation sites is 1. The Morgan fingerprint density at radius 2 is 1.88 bits per heavy atom. The number of benzene rings is 2. The Bertz CT molecular complexity index is 1440. The summed E-state index contributed by atoms with van der Waals surface area (Å²) in [6, 6.07) is 16.4. The number of anilines is 2. The van der Waals surface area contributed by atoms with Crippen molar-refractivity contribution in [3.05, 3.63) is 96.3 Å². The number of Topliss-reactive ketones (excluding diaryl/α,β-unsaturated/α-hetero) is 1. The second-order valence-corrected chi connectivity index (χ2v) is 9.83. The average molecular weight is 539 g/mol. The minimum atomic E-state index is -0.830. The predicted molar refractivity (Wildman–Crippen MR) is 150 cm³/mol. The molecule has 2 heterocycles. The van der Waals surface area contributed by atoms with E-state index >= 15 is 0 Å². The van der Waals surface area contributed by atoms with Crippen molar-refractivity contribution >= 4 is 34.9 Å². The van der Waals surface area contributed by atoms with Gasteiger partial charge in [0, 0.05) is 24.6 Å². The number of amides is 3. The second kappa shape index (κ2) is 11.9. The van der Waals surface area contributed by atoms with E-state index in [2.05, 4.69) is 16.4 Å². The van der Waals surface area contributed by atoms with Crippen LogP contribution in [0.1, 0.15) is 35.2 Å². The predicted octanol–water partition coefficient (Wildman–Crippen LogP) is 4.01. The fourth-order valence-electron chi connectivity index (χ4n) is 5.27. The third-order valence-electron chi connectivity index (χ3n) is 7.29. The van der Waals surface area contributed by atoms with Crippen molar-refractivity contribution in [3.63, 3.8) is 0 Å². The van der Waals surface area contributed by atoms with Gasteiger partial charge in [-0.25, -0.2) is 0 Å². The van der Waals surface area contributed by atoms with Gasteiger partial charge in [-0.15, -0.1) is 0 Å². The number of fused-ring (bicyclic) bond motifs is 1. The third-order valence-corrected chi connectivity index (χ3v) is 7.29. The van der Waals surface area contributed by atoms with Gasteiger partial charge in [-0.2, -0.15) is 0 Å². The fourth-order valence-corrected chi connectivity index (χ4v) is 5.27. The first-order valence-electron chi connectivity index (χ1n) is 13.2. The zero-order valence-corrected chi connectivity index (χ0v) is 22.2. The molecular weight excluding hydrogens is 508 g/mol. The van der Waals surface area contributed by atoms with Gasteiger partial charge in [0.05, 0.1) is 18.4 Å². The number of pyridine rings is 1. The largest absolute Gasteiger partial charge is 0.497 e. The summed E-state index contributed by atoms with van der Waals surface area (Å²) in [6.45, 7) is -0.248. The molecule has 2 aliphatic rings. The summed E-state index contributed by atoms with van der Waals surface area (Å²) in [6.07, 6.45) is 9.54. The number of ether oxygens (including phenoxy) is 1. The lowest BCUT2D eigenvalue weighted by Crippen LogP contribution is -2.54. The molecule has 0 radical (unpaired) electrons. The van der Waals surface area contributed by atoms with Gasteiger partial charge in [0.2, 0.25) is 11.8 Å². The molecule has 2 aromatic carbocycles. The fraction of sp³-hybridized carbons (Fsp3) is 0.258. The molecule has 1 N–H and O–H groups in total. The molecule has 3 aromatic rings. The van der Waals surface area contributed by atoms with Gasteiger partial charge in [-0.3, -0.25) is 29.1 Å². The number of aromatic nitrogens is 1. The lowest BCUT2D eigenvalue weighted by atomic mass is 9.85.